The van der Waals surface area contributed by atoms with E-state index in [1.165, 1.54) is 5.56 Å². The highest BCUT2D eigenvalue weighted by atomic mass is 35.5. The van der Waals surface area contributed by atoms with Crippen LogP contribution in [-0.4, -0.2) is 38.6 Å². The molecule has 154 valence electrons. The van der Waals surface area contributed by atoms with Crippen LogP contribution in [0.15, 0.2) is 42.5 Å². The fourth-order valence-corrected chi connectivity index (χ4v) is 3.56. The Morgan fingerprint density at radius 1 is 1.13 bits per heavy atom. The molecule has 0 aliphatic carbocycles. The van der Waals surface area contributed by atoms with Crippen molar-refractivity contribution in [3.05, 3.63) is 64.4 Å². The second-order valence-corrected chi connectivity index (χ2v) is 7.81. The summed E-state index contributed by atoms with van der Waals surface area (Å²) in [6, 6.07) is 12.9. The van der Waals surface area contributed by atoms with E-state index in [9.17, 15) is 9.59 Å². The lowest BCUT2D eigenvalue weighted by molar-refractivity contribution is -0.126. The number of tetrazole rings is 1. The fourth-order valence-electron chi connectivity index (χ4n) is 3.44. The molecule has 0 unspecified atom stereocenters. The molecule has 1 fully saturated rings. The molecule has 4 rings (SSSR count). The zero-order valence-corrected chi connectivity index (χ0v) is 17.4. The van der Waals surface area contributed by atoms with Gasteiger partial charge >= 0.3 is 0 Å². The third-order valence-electron chi connectivity index (χ3n) is 5.32. The van der Waals surface area contributed by atoms with Gasteiger partial charge in [0.15, 0.2) is 5.82 Å². The molecule has 2 aromatic carbocycles. The van der Waals surface area contributed by atoms with E-state index in [0.29, 0.717) is 17.4 Å². The van der Waals surface area contributed by atoms with Crippen molar-refractivity contribution in [3.8, 4) is 5.69 Å². The number of aryl methyl sites for hydroxylation is 2. The van der Waals surface area contributed by atoms with Crippen molar-refractivity contribution in [1.29, 1.82) is 0 Å². The zero-order valence-electron chi connectivity index (χ0n) is 16.7. The average Bonchev–Trinajstić information content (AvgIpc) is 3.35. The molecule has 2 heterocycles. The van der Waals surface area contributed by atoms with Crippen molar-refractivity contribution in [2.24, 2.45) is 5.92 Å². The Balaban J connectivity index is 1.41. The maximum atomic E-state index is 12.7. The highest BCUT2D eigenvalue weighted by Crippen LogP contribution is 2.26. The number of anilines is 1. The number of hydrogen-bond acceptors (Lipinski definition) is 5. The van der Waals surface area contributed by atoms with Gasteiger partial charge < -0.3 is 10.2 Å². The topological polar surface area (TPSA) is 93.0 Å². The van der Waals surface area contributed by atoms with Crippen molar-refractivity contribution < 1.29 is 9.59 Å². The monoisotopic (exact) mass is 424 g/mol. The molecule has 1 aromatic heterocycles. The van der Waals surface area contributed by atoms with Crippen LogP contribution in [0.1, 0.15) is 23.4 Å². The molecule has 1 aliphatic rings. The molecule has 8 nitrogen and oxygen atoms in total. The molecular weight excluding hydrogens is 404 g/mol. The SMILES string of the molecule is Cc1ccc(-n2nnnc2CNC(=O)[C@@H]2CC(=O)N(c3ccc(Cl)cc3)C2)cc1C. The minimum absolute atomic E-state index is 0.0857. The van der Waals surface area contributed by atoms with Crippen LogP contribution in [0.2, 0.25) is 5.02 Å². The van der Waals surface area contributed by atoms with Gasteiger partial charge in [0.05, 0.1) is 18.2 Å². The van der Waals surface area contributed by atoms with Gasteiger partial charge in [0, 0.05) is 23.7 Å². The van der Waals surface area contributed by atoms with Crippen LogP contribution in [0.5, 0.6) is 0 Å². The molecule has 0 saturated carbocycles. The Labute approximate surface area is 178 Å². The minimum Gasteiger partial charge on any atom is -0.348 e. The van der Waals surface area contributed by atoms with Gasteiger partial charge in [-0.3, -0.25) is 9.59 Å². The van der Waals surface area contributed by atoms with E-state index < -0.39 is 5.92 Å². The Kier molecular flexibility index (Phi) is 5.50. The first-order valence-corrected chi connectivity index (χ1v) is 9.98. The van der Waals surface area contributed by atoms with Gasteiger partial charge in [-0.1, -0.05) is 17.7 Å². The van der Waals surface area contributed by atoms with Crippen LogP contribution in [0.4, 0.5) is 5.69 Å². The van der Waals surface area contributed by atoms with Crippen molar-refractivity contribution in [2.75, 3.05) is 11.4 Å². The van der Waals surface area contributed by atoms with Gasteiger partial charge in [-0.2, -0.15) is 4.68 Å². The average molecular weight is 425 g/mol. The summed E-state index contributed by atoms with van der Waals surface area (Å²) in [6.45, 7) is 4.56. The van der Waals surface area contributed by atoms with Gasteiger partial charge in [0.25, 0.3) is 0 Å². The van der Waals surface area contributed by atoms with E-state index in [1.54, 1.807) is 33.8 Å². The van der Waals surface area contributed by atoms with Crippen molar-refractivity contribution in [2.45, 2.75) is 26.8 Å². The summed E-state index contributed by atoms with van der Waals surface area (Å²) in [5, 5.41) is 15.3. The normalized spacial score (nSPS) is 16.2. The van der Waals surface area contributed by atoms with E-state index >= 15 is 0 Å². The third-order valence-corrected chi connectivity index (χ3v) is 5.58. The summed E-state index contributed by atoms with van der Waals surface area (Å²) in [5.41, 5.74) is 3.87. The Morgan fingerprint density at radius 2 is 1.87 bits per heavy atom. The standard InChI is InChI=1S/C21H21ClN6O2/c1-13-3-6-18(9-14(13)2)28-19(24-25-26-28)11-23-21(30)15-10-20(29)27(12-15)17-7-4-16(22)5-8-17/h3-9,15H,10-12H2,1-2H3,(H,23,30)/t15-/m1/s1. The first kappa shape index (κ1) is 20.0. The molecule has 1 saturated heterocycles. The van der Waals surface area contributed by atoms with Gasteiger partial charge in [-0.05, 0) is 71.8 Å². The second kappa shape index (κ2) is 8.23. The number of nitrogens with zero attached hydrogens (tertiary/aromatic N) is 5. The van der Waals surface area contributed by atoms with Gasteiger partial charge in [-0.15, -0.1) is 5.10 Å². The number of rotatable bonds is 5. The first-order chi connectivity index (χ1) is 14.4. The largest absolute Gasteiger partial charge is 0.348 e. The van der Waals surface area contributed by atoms with E-state index in [-0.39, 0.29) is 24.8 Å². The summed E-state index contributed by atoms with van der Waals surface area (Å²) in [5.74, 6) is -0.198. The number of halogens is 1. The lowest BCUT2D eigenvalue weighted by Crippen LogP contribution is -2.33. The summed E-state index contributed by atoms with van der Waals surface area (Å²) < 4.78 is 1.60. The lowest BCUT2D eigenvalue weighted by Gasteiger charge is -2.16. The molecular formula is C21H21ClN6O2. The smallest absolute Gasteiger partial charge is 0.227 e. The van der Waals surface area contributed by atoms with Crippen LogP contribution in [-0.2, 0) is 16.1 Å². The van der Waals surface area contributed by atoms with Crippen LogP contribution in [0.3, 0.4) is 0 Å². The van der Waals surface area contributed by atoms with Crippen molar-refractivity contribution in [1.82, 2.24) is 25.5 Å². The number of aromatic nitrogens is 4. The summed E-state index contributed by atoms with van der Waals surface area (Å²) in [7, 11) is 0. The molecule has 1 atom stereocenters. The second-order valence-electron chi connectivity index (χ2n) is 7.38. The van der Waals surface area contributed by atoms with E-state index in [2.05, 4.69) is 20.8 Å². The lowest BCUT2D eigenvalue weighted by atomic mass is 10.1. The maximum absolute atomic E-state index is 12.7. The molecule has 30 heavy (non-hydrogen) atoms. The highest BCUT2D eigenvalue weighted by Gasteiger charge is 2.35. The number of nitrogens with one attached hydrogen (secondary N) is 1. The molecule has 0 spiro atoms. The number of benzene rings is 2. The molecule has 1 N–H and O–H groups in total. The van der Waals surface area contributed by atoms with Gasteiger partial charge in [-0.25, -0.2) is 0 Å². The Bertz CT molecular complexity index is 1100. The Hall–Kier alpha value is -3.26. The predicted molar refractivity (Wildman–Crippen MR) is 112 cm³/mol. The molecule has 1 aliphatic heterocycles. The molecule has 0 bridgehead atoms. The number of amides is 2. The third kappa shape index (κ3) is 4.04. The van der Waals surface area contributed by atoms with Crippen LogP contribution in [0.25, 0.3) is 5.69 Å². The number of carbonyl (C=O) groups is 2. The zero-order chi connectivity index (χ0) is 21.3. The minimum atomic E-state index is -0.431. The molecule has 2 amide bonds. The molecule has 9 heteroatoms. The summed E-state index contributed by atoms with van der Waals surface area (Å²) in [4.78, 5) is 26.7. The van der Waals surface area contributed by atoms with Gasteiger partial charge in [0.1, 0.15) is 0 Å². The summed E-state index contributed by atoms with van der Waals surface area (Å²) >= 11 is 5.91. The van der Waals surface area contributed by atoms with Crippen LogP contribution >= 0.6 is 11.6 Å². The van der Waals surface area contributed by atoms with Crippen molar-refractivity contribution >= 4 is 29.1 Å². The first-order valence-electron chi connectivity index (χ1n) is 9.61. The maximum Gasteiger partial charge on any atom is 0.227 e. The Morgan fingerprint density at radius 3 is 2.60 bits per heavy atom. The van der Waals surface area contributed by atoms with Crippen LogP contribution in [0, 0.1) is 19.8 Å². The molecule has 3 aromatic rings. The van der Waals surface area contributed by atoms with E-state index in [1.807, 2.05) is 32.0 Å². The summed E-state index contributed by atoms with van der Waals surface area (Å²) in [6.07, 6.45) is 0.163. The number of hydrogen-bond donors (Lipinski definition) is 1. The fraction of sp³-hybridized carbons (Fsp3) is 0.286. The van der Waals surface area contributed by atoms with Crippen molar-refractivity contribution in [3.63, 3.8) is 0 Å². The molecule has 0 radical (unpaired) electrons. The van der Waals surface area contributed by atoms with Gasteiger partial charge in [0.2, 0.25) is 11.8 Å². The van der Waals surface area contributed by atoms with E-state index in [0.717, 1.165) is 16.9 Å². The predicted octanol–water partition coefficient (Wildman–Crippen LogP) is 2.60. The quantitative estimate of drug-likeness (QED) is 0.679. The van der Waals surface area contributed by atoms with Crippen LogP contribution < -0.4 is 10.2 Å². The number of carbonyl (C=O) groups excluding carboxylic acids is 2. The van der Waals surface area contributed by atoms with E-state index in [4.69, 9.17) is 11.6 Å². The highest BCUT2D eigenvalue weighted by molar-refractivity contribution is 6.30.